The summed E-state index contributed by atoms with van der Waals surface area (Å²) in [5, 5.41) is 8.92. The average Bonchev–Trinajstić information content (AvgIpc) is 2.72. The predicted molar refractivity (Wildman–Crippen MR) is 152 cm³/mol. The van der Waals surface area contributed by atoms with Gasteiger partial charge in [0.1, 0.15) is 6.17 Å². The molecule has 0 saturated carbocycles. The van der Waals surface area contributed by atoms with Gasteiger partial charge in [0.2, 0.25) is 9.70 Å². The molecule has 0 fully saturated rings. The summed E-state index contributed by atoms with van der Waals surface area (Å²) in [6.45, 7) is 2.24. The van der Waals surface area contributed by atoms with Gasteiger partial charge in [0, 0.05) is 15.7 Å². The van der Waals surface area contributed by atoms with E-state index in [9.17, 15) is 4.79 Å². The van der Waals surface area contributed by atoms with Gasteiger partial charge in [-0.05, 0) is 65.5 Å². The highest BCUT2D eigenvalue weighted by Crippen LogP contribution is 2.29. The van der Waals surface area contributed by atoms with Gasteiger partial charge < -0.3 is 16.0 Å². The van der Waals surface area contributed by atoms with Crippen LogP contribution in [0.2, 0.25) is 0 Å². The standard InChI is InChI=1S/C23H35Cl3IN3OS/c1-2-3-4-5-6-7-8-9-10-11-12-13-20(31)29-21(23(24,25)26)30-22(32)28-19-16-14-18(27)15-17-19/h14-17,21H,2-13H2,1H3,(H,29,31)(H2,28,30,32)/t21-/m0/s1. The summed E-state index contributed by atoms with van der Waals surface area (Å²) in [5.74, 6) is -0.165. The molecule has 1 amide bonds. The minimum Gasteiger partial charge on any atom is -0.339 e. The number of rotatable bonds is 15. The predicted octanol–water partition coefficient (Wildman–Crippen LogP) is 8.09. The molecular formula is C23H35Cl3IN3OS. The van der Waals surface area contributed by atoms with Crippen LogP contribution in [0, 0.1) is 3.57 Å². The van der Waals surface area contributed by atoms with Gasteiger partial charge in [-0.3, -0.25) is 4.79 Å². The van der Waals surface area contributed by atoms with Crippen LogP contribution in [0.1, 0.15) is 84.0 Å². The van der Waals surface area contributed by atoms with Gasteiger partial charge >= 0.3 is 0 Å². The van der Waals surface area contributed by atoms with E-state index in [0.717, 1.165) is 28.5 Å². The highest BCUT2D eigenvalue weighted by Gasteiger charge is 2.34. The van der Waals surface area contributed by atoms with Crippen LogP contribution in [0.3, 0.4) is 0 Å². The van der Waals surface area contributed by atoms with Gasteiger partial charge in [-0.2, -0.15) is 0 Å². The minimum atomic E-state index is -1.75. The molecule has 1 aromatic carbocycles. The summed E-state index contributed by atoms with van der Waals surface area (Å²) in [5.41, 5.74) is 0.804. The molecule has 0 unspecified atom stereocenters. The largest absolute Gasteiger partial charge is 0.339 e. The molecule has 0 spiro atoms. The van der Waals surface area contributed by atoms with Crippen LogP contribution < -0.4 is 16.0 Å². The minimum absolute atomic E-state index is 0.165. The average molecular weight is 635 g/mol. The van der Waals surface area contributed by atoms with E-state index in [1.165, 1.54) is 51.4 Å². The molecule has 0 heterocycles. The van der Waals surface area contributed by atoms with Crippen LogP contribution in [-0.2, 0) is 4.79 Å². The van der Waals surface area contributed by atoms with Crippen LogP contribution in [0.4, 0.5) is 5.69 Å². The zero-order valence-corrected chi connectivity index (χ0v) is 23.9. The van der Waals surface area contributed by atoms with E-state index in [0.29, 0.717) is 6.42 Å². The summed E-state index contributed by atoms with van der Waals surface area (Å²) < 4.78 is -0.634. The molecule has 0 radical (unpaired) electrons. The molecule has 0 aliphatic rings. The number of unbranched alkanes of at least 4 members (excludes halogenated alkanes) is 10. The number of carbonyl (C=O) groups is 1. The van der Waals surface area contributed by atoms with Crippen molar-refractivity contribution in [2.45, 2.75) is 93.9 Å². The second kappa shape index (κ2) is 17.4. The second-order valence-corrected chi connectivity index (χ2v) is 12.0. The molecule has 1 rings (SSSR count). The van der Waals surface area contributed by atoms with E-state index in [1.54, 1.807) is 0 Å². The van der Waals surface area contributed by atoms with Gasteiger partial charge in [-0.1, -0.05) is 106 Å². The number of hydrogen-bond donors (Lipinski definition) is 3. The number of halogens is 4. The Morgan fingerprint density at radius 3 is 1.91 bits per heavy atom. The van der Waals surface area contributed by atoms with E-state index in [-0.39, 0.29) is 11.0 Å². The Morgan fingerprint density at radius 2 is 1.41 bits per heavy atom. The number of nitrogens with one attached hydrogen (secondary N) is 3. The molecule has 0 aromatic heterocycles. The zero-order chi connectivity index (χ0) is 23.8. The number of amides is 1. The first-order valence-corrected chi connectivity index (χ1v) is 14.0. The topological polar surface area (TPSA) is 53.2 Å². The molecule has 4 nitrogen and oxygen atoms in total. The third-order valence-corrected chi connectivity index (χ3v) is 6.61. The summed E-state index contributed by atoms with van der Waals surface area (Å²) >= 11 is 25.7. The highest BCUT2D eigenvalue weighted by atomic mass is 127. The fourth-order valence-corrected chi connectivity index (χ4v) is 4.14. The Morgan fingerprint density at radius 1 is 0.906 bits per heavy atom. The summed E-state index contributed by atoms with van der Waals surface area (Å²) in [7, 11) is 0. The Hall–Kier alpha value is -0.0200. The van der Waals surface area contributed by atoms with Gasteiger partial charge in [0.15, 0.2) is 5.11 Å². The van der Waals surface area contributed by atoms with Crippen molar-refractivity contribution in [3.05, 3.63) is 27.8 Å². The van der Waals surface area contributed by atoms with Crippen LogP contribution >= 0.6 is 69.6 Å². The lowest BCUT2D eigenvalue weighted by Gasteiger charge is -2.27. The molecule has 9 heteroatoms. The monoisotopic (exact) mass is 633 g/mol. The summed E-state index contributed by atoms with van der Waals surface area (Å²) in [6.07, 6.45) is 13.0. The van der Waals surface area contributed by atoms with Gasteiger partial charge in [-0.25, -0.2) is 0 Å². The Bertz CT molecular complexity index is 671. The van der Waals surface area contributed by atoms with E-state index < -0.39 is 9.96 Å². The molecule has 3 N–H and O–H groups in total. The number of hydrogen-bond acceptors (Lipinski definition) is 2. The summed E-state index contributed by atoms with van der Waals surface area (Å²) in [4.78, 5) is 12.3. The van der Waals surface area contributed by atoms with Crippen molar-refractivity contribution in [3.8, 4) is 0 Å². The fraction of sp³-hybridized carbons (Fsp3) is 0.652. The molecule has 0 saturated heterocycles. The molecule has 1 atom stereocenters. The van der Waals surface area contributed by atoms with E-state index in [2.05, 4.69) is 45.5 Å². The molecule has 182 valence electrons. The highest BCUT2D eigenvalue weighted by molar-refractivity contribution is 14.1. The molecule has 1 aromatic rings. The Labute approximate surface area is 227 Å². The molecule has 0 aliphatic heterocycles. The molecule has 0 aliphatic carbocycles. The maximum atomic E-state index is 12.3. The maximum absolute atomic E-state index is 12.3. The van der Waals surface area contributed by atoms with Crippen molar-refractivity contribution < 1.29 is 4.79 Å². The number of thiocarbonyl (C=S) groups is 1. The quantitative estimate of drug-likeness (QED) is 0.0600. The lowest BCUT2D eigenvalue weighted by atomic mass is 10.1. The second-order valence-electron chi connectivity index (χ2n) is 7.93. The maximum Gasteiger partial charge on any atom is 0.228 e. The normalized spacial score (nSPS) is 12.3. The zero-order valence-electron chi connectivity index (χ0n) is 18.7. The third kappa shape index (κ3) is 15.0. The molecular weight excluding hydrogens is 600 g/mol. The van der Waals surface area contributed by atoms with Crippen molar-refractivity contribution >= 4 is 86.3 Å². The van der Waals surface area contributed by atoms with Crippen LogP contribution in [-0.4, -0.2) is 21.0 Å². The van der Waals surface area contributed by atoms with Crippen molar-refractivity contribution in [2.75, 3.05) is 5.32 Å². The molecule has 0 bridgehead atoms. The Balaban J connectivity index is 2.25. The van der Waals surface area contributed by atoms with Crippen LogP contribution in [0.25, 0.3) is 0 Å². The van der Waals surface area contributed by atoms with Crippen molar-refractivity contribution in [3.63, 3.8) is 0 Å². The van der Waals surface area contributed by atoms with Crippen molar-refractivity contribution in [1.29, 1.82) is 0 Å². The number of anilines is 1. The number of alkyl halides is 3. The van der Waals surface area contributed by atoms with Crippen LogP contribution in [0.15, 0.2) is 24.3 Å². The first-order valence-electron chi connectivity index (χ1n) is 11.4. The first kappa shape index (κ1) is 30.0. The van der Waals surface area contributed by atoms with E-state index in [4.69, 9.17) is 47.0 Å². The lowest BCUT2D eigenvalue weighted by molar-refractivity contribution is -0.122. The fourth-order valence-electron chi connectivity index (χ4n) is 3.21. The lowest BCUT2D eigenvalue weighted by Crippen LogP contribution is -2.56. The third-order valence-electron chi connectivity index (χ3n) is 5.02. The van der Waals surface area contributed by atoms with Crippen LogP contribution in [0.5, 0.6) is 0 Å². The van der Waals surface area contributed by atoms with E-state index >= 15 is 0 Å². The van der Waals surface area contributed by atoms with Gasteiger partial charge in [-0.15, -0.1) is 0 Å². The van der Waals surface area contributed by atoms with Gasteiger partial charge in [0.05, 0.1) is 0 Å². The van der Waals surface area contributed by atoms with E-state index in [1.807, 2.05) is 24.3 Å². The van der Waals surface area contributed by atoms with Crippen molar-refractivity contribution in [2.24, 2.45) is 0 Å². The number of carbonyl (C=O) groups excluding carboxylic acids is 1. The first-order chi connectivity index (χ1) is 15.2. The van der Waals surface area contributed by atoms with Crippen molar-refractivity contribution in [1.82, 2.24) is 10.6 Å². The smallest absolute Gasteiger partial charge is 0.228 e. The number of benzene rings is 1. The summed E-state index contributed by atoms with van der Waals surface area (Å²) in [6, 6.07) is 7.69. The SMILES string of the molecule is CCCCCCCCCCCCCC(=O)N[C@@H](NC(=S)Nc1ccc(I)cc1)C(Cl)(Cl)Cl. The molecule has 32 heavy (non-hydrogen) atoms. The Kier molecular flexibility index (Phi) is 16.3. The van der Waals surface area contributed by atoms with Gasteiger partial charge in [0.25, 0.3) is 0 Å².